The maximum atomic E-state index is 13.6. The molecule has 30 heavy (non-hydrogen) atoms. The van der Waals surface area contributed by atoms with Crippen LogP contribution in [0.15, 0.2) is 48.7 Å². The van der Waals surface area contributed by atoms with E-state index >= 15 is 0 Å². The van der Waals surface area contributed by atoms with Crippen LogP contribution in [0, 0.1) is 5.92 Å². The van der Waals surface area contributed by atoms with Gasteiger partial charge in [-0.25, -0.2) is 0 Å². The molecule has 0 atom stereocenters. The van der Waals surface area contributed by atoms with Gasteiger partial charge in [-0.1, -0.05) is 30.3 Å². The molecule has 1 aromatic heterocycles. The Morgan fingerprint density at radius 1 is 1.10 bits per heavy atom. The third kappa shape index (κ3) is 3.38. The van der Waals surface area contributed by atoms with Crippen molar-refractivity contribution in [3.8, 4) is 0 Å². The second kappa shape index (κ2) is 7.00. The van der Waals surface area contributed by atoms with Crippen LogP contribution in [-0.4, -0.2) is 22.3 Å². The molecule has 1 fully saturated rings. The standard InChI is InChI=1S/C23H20F3N3O/c24-23(25,26)18-11-28-19-6-2-1-5-16(19)17(18)10-27-20-7-3-4-15-13-29(12-14-8-9-14)22(30)21(15)20/h1-7,11,14,27H,8-10,12-13H2. The molecule has 0 unspecified atom stereocenters. The van der Waals surface area contributed by atoms with Gasteiger partial charge in [-0.05, 0) is 42.0 Å². The lowest BCUT2D eigenvalue weighted by atomic mass is 10.0. The largest absolute Gasteiger partial charge is 0.418 e. The Bertz CT molecular complexity index is 1140. The van der Waals surface area contributed by atoms with E-state index < -0.39 is 11.7 Å². The fourth-order valence-electron chi connectivity index (χ4n) is 4.14. The molecule has 1 N–H and O–H groups in total. The first-order valence-electron chi connectivity index (χ1n) is 10.0. The molecule has 1 aliphatic carbocycles. The third-order valence-corrected chi connectivity index (χ3v) is 5.84. The number of hydrogen-bond donors (Lipinski definition) is 1. The number of para-hydroxylation sites is 1. The van der Waals surface area contributed by atoms with E-state index in [9.17, 15) is 18.0 Å². The van der Waals surface area contributed by atoms with Gasteiger partial charge in [0, 0.05) is 36.9 Å². The Balaban J connectivity index is 1.48. The molecule has 2 heterocycles. The number of pyridine rings is 1. The summed E-state index contributed by atoms with van der Waals surface area (Å²) in [5.41, 5.74) is 1.94. The lowest BCUT2D eigenvalue weighted by molar-refractivity contribution is -0.138. The molecule has 1 aliphatic heterocycles. The zero-order valence-corrected chi connectivity index (χ0v) is 16.2. The maximum Gasteiger partial charge on any atom is 0.418 e. The van der Waals surface area contributed by atoms with Crippen LogP contribution in [0.2, 0.25) is 0 Å². The fourth-order valence-corrected chi connectivity index (χ4v) is 4.14. The first-order chi connectivity index (χ1) is 14.4. The second-order valence-electron chi connectivity index (χ2n) is 7.99. The topological polar surface area (TPSA) is 45.2 Å². The average molecular weight is 411 g/mol. The zero-order valence-electron chi connectivity index (χ0n) is 16.2. The number of halogens is 3. The van der Waals surface area contributed by atoms with Crippen molar-refractivity contribution >= 4 is 22.5 Å². The summed E-state index contributed by atoms with van der Waals surface area (Å²) in [6, 6.07) is 12.3. The van der Waals surface area contributed by atoms with Gasteiger partial charge in [0.25, 0.3) is 5.91 Å². The molecule has 2 aliphatic rings. The van der Waals surface area contributed by atoms with Crippen LogP contribution in [0.3, 0.4) is 0 Å². The Morgan fingerprint density at radius 2 is 1.90 bits per heavy atom. The Hall–Kier alpha value is -3.09. The van der Waals surface area contributed by atoms with E-state index in [1.54, 1.807) is 30.3 Å². The molecule has 0 saturated heterocycles. The molecular weight excluding hydrogens is 391 g/mol. The van der Waals surface area contributed by atoms with E-state index in [0.29, 0.717) is 34.6 Å². The molecule has 5 rings (SSSR count). The van der Waals surface area contributed by atoms with Crippen LogP contribution in [0.1, 0.15) is 39.9 Å². The highest BCUT2D eigenvalue weighted by Crippen LogP contribution is 2.37. The predicted octanol–water partition coefficient (Wildman–Crippen LogP) is 5.23. The fraction of sp³-hybridized carbons (Fsp3) is 0.304. The maximum absolute atomic E-state index is 13.6. The van der Waals surface area contributed by atoms with Gasteiger partial charge in [-0.3, -0.25) is 9.78 Å². The molecular formula is C23H20F3N3O. The van der Waals surface area contributed by atoms with Crippen LogP contribution in [-0.2, 0) is 19.3 Å². The second-order valence-corrected chi connectivity index (χ2v) is 7.99. The normalized spacial score (nSPS) is 16.2. The monoisotopic (exact) mass is 411 g/mol. The van der Waals surface area contributed by atoms with Crippen molar-refractivity contribution in [2.24, 2.45) is 5.92 Å². The minimum absolute atomic E-state index is 0.0457. The summed E-state index contributed by atoms with van der Waals surface area (Å²) in [4.78, 5) is 18.7. The lowest BCUT2D eigenvalue weighted by Gasteiger charge is -2.17. The van der Waals surface area contributed by atoms with Crippen molar-refractivity contribution < 1.29 is 18.0 Å². The van der Waals surface area contributed by atoms with Gasteiger partial charge in [0.1, 0.15) is 0 Å². The number of carbonyl (C=O) groups excluding carboxylic acids is 1. The number of nitrogens with zero attached hydrogens (tertiary/aromatic N) is 2. The number of carbonyl (C=O) groups is 1. The minimum atomic E-state index is -4.51. The molecule has 0 spiro atoms. The number of hydrogen-bond acceptors (Lipinski definition) is 3. The van der Waals surface area contributed by atoms with Crippen molar-refractivity contribution in [3.05, 3.63) is 70.9 Å². The molecule has 1 amide bonds. The van der Waals surface area contributed by atoms with Gasteiger partial charge < -0.3 is 10.2 Å². The minimum Gasteiger partial charge on any atom is -0.380 e. The summed E-state index contributed by atoms with van der Waals surface area (Å²) in [6.45, 7) is 1.26. The third-order valence-electron chi connectivity index (χ3n) is 5.84. The van der Waals surface area contributed by atoms with E-state index in [0.717, 1.165) is 31.1 Å². The van der Waals surface area contributed by atoms with Crippen molar-refractivity contribution in [1.82, 2.24) is 9.88 Å². The number of alkyl halides is 3. The summed E-state index contributed by atoms with van der Waals surface area (Å²) in [5, 5.41) is 3.56. The molecule has 3 aromatic rings. The van der Waals surface area contributed by atoms with Crippen LogP contribution < -0.4 is 5.32 Å². The van der Waals surface area contributed by atoms with Crippen LogP contribution in [0.25, 0.3) is 10.9 Å². The van der Waals surface area contributed by atoms with Crippen molar-refractivity contribution in [2.45, 2.75) is 32.1 Å². The molecule has 4 nitrogen and oxygen atoms in total. The number of rotatable bonds is 5. The van der Waals surface area contributed by atoms with E-state index in [1.807, 2.05) is 17.0 Å². The van der Waals surface area contributed by atoms with Crippen LogP contribution in [0.4, 0.5) is 18.9 Å². The van der Waals surface area contributed by atoms with Crippen molar-refractivity contribution in [1.29, 1.82) is 0 Å². The number of benzene rings is 2. The number of fused-ring (bicyclic) bond motifs is 2. The molecule has 154 valence electrons. The molecule has 0 radical (unpaired) electrons. The molecule has 0 bridgehead atoms. The van der Waals surface area contributed by atoms with Crippen LogP contribution >= 0.6 is 0 Å². The summed E-state index contributed by atoms with van der Waals surface area (Å²) < 4.78 is 40.9. The highest BCUT2D eigenvalue weighted by molar-refractivity contribution is 6.03. The number of aromatic nitrogens is 1. The lowest BCUT2D eigenvalue weighted by Crippen LogP contribution is -2.26. The van der Waals surface area contributed by atoms with Crippen molar-refractivity contribution in [3.63, 3.8) is 0 Å². The first kappa shape index (κ1) is 18.9. The predicted molar refractivity (Wildman–Crippen MR) is 108 cm³/mol. The van der Waals surface area contributed by atoms with E-state index in [-0.39, 0.29) is 18.0 Å². The highest BCUT2D eigenvalue weighted by atomic mass is 19.4. The van der Waals surface area contributed by atoms with Gasteiger partial charge in [0.2, 0.25) is 0 Å². The van der Waals surface area contributed by atoms with E-state index in [4.69, 9.17) is 0 Å². The van der Waals surface area contributed by atoms with Gasteiger partial charge >= 0.3 is 6.18 Å². The number of nitrogens with one attached hydrogen (secondary N) is 1. The molecule has 1 saturated carbocycles. The highest BCUT2D eigenvalue weighted by Gasteiger charge is 2.36. The molecule has 7 heteroatoms. The quantitative estimate of drug-likeness (QED) is 0.625. The number of amides is 1. The first-order valence-corrected chi connectivity index (χ1v) is 10.0. The zero-order chi connectivity index (χ0) is 20.9. The van der Waals surface area contributed by atoms with Crippen LogP contribution in [0.5, 0.6) is 0 Å². The smallest absolute Gasteiger partial charge is 0.380 e. The van der Waals surface area contributed by atoms with Gasteiger partial charge in [0.15, 0.2) is 0 Å². The SMILES string of the molecule is O=C1c2c(cccc2NCc2c(C(F)(F)F)cnc3ccccc23)CN1CC1CC1. The average Bonchev–Trinajstić information content (AvgIpc) is 3.48. The summed E-state index contributed by atoms with van der Waals surface area (Å²) in [7, 11) is 0. The van der Waals surface area contributed by atoms with E-state index in [2.05, 4.69) is 10.3 Å². The van der Waals surface area contributed by atoms with Gasteiger partial charge in [0.05, 0.1) is 16.6 Å². The molecule has 2 aromatic carbocycles. The summed E-state index contributed by atoms with van der Waals surface area (Å²) in [5.74, 6) is 0.535. The Kier molecular flexibility index (Phi) is 4.41. The van der Waals surface area contributed by atoms with Gasteiger partial charge in [-0.2, -0.15) is 13.2 Å². The summed E-state index contributed by atoms with van der Waals surface area (Å²) >= 11 is 0. The van der Waals surface area contributed by atoms with Crippen molar-refractivity contribution in [2.75, 3.05) is 11.9 Å². The number of anilines is 1. The summed E-state index contributed by atoms with van der Waals surface area (Å²) in [6.07, 6.45) is -1.32. The van der Waals surface area contributed by atoms with Gasteiger partial charge in [-0.15, -0.1) is 0 Å². The van der Waals surface area contributed by atoms with E-state index in [1.165, 1.54) is 0 Å². The Labute approximate surface area is 171 Å². The Morgan fingerprint density at radius 3 is 2.67 bits per heavy atom.